The summed E-state index contributed by atoms with van der Waals surface area (Å²) in [6.07, 6.45) is -0.788. The van der Waals surface area contributed by atoms with E-state index < -0.39 is 35.2 Å². The molecule has 2 aliphatic rings. The van der Waals surface area contributed by atoms with Gasteiger partial charge in [0, 0.05) is 53.6 Å². The number of halogens is 3. The molecular formula is C28H28F3N4O4S+. The summed E-state index contributed by atoms with van der Waals surface area (Å²) in [5, 5.41) is 0. The lowest BCUT2D eigenvalue weighted by Gasteiger charge is -2.38. The van der Waals surface area contributed by atoms with Crippen LogP contribution in [0.4, 0.5) is 24.5 Å². The van der Waals surface area contributed by atoms with Gasteiger partial charge in [-0.1, -0.05) is 18.2 Å². The number of aryl methyl sites for hydroxylation is 1. The number of aromatic nitrogens is 1. The van der Waals surface area contributed by atoms with E-state index in [1.165, 1.54) is 22.3 Å². The lowest BCUT2D eigenvalue weighted by molar-refractivity contribution is -0.235. The van der Waals surface area contributed by atoms with Crippen LogP contribution in [0.1, 0.15) is 33.0 Å². The number of benzene rings is 1. The summed E-state index contributed by atoms with van der Waals surface area (Å²) in [5.74, 6) is -3.88. The van der Waals surface area contributed by atoms with Crippen molar-refractivity contribution in [2.24, 2.45) is 5.92 Å². The molecule has 12 heteroatoms. The Morgan fingerprint density at radius 1 is 1.05 bits per heavy atom. The predicted octanol–water partition coefficient (Wildman–Crippen LogP) is 4.88. The van der Waals surface area contributed by atoms with Gasteiger partial charge in [-0.25, -0.2) is 9.59 Å². The summed E-state index contributed by atoms with van der Waals surface area (Å²) in [4.78, 5) is 53.7. The number of carbonyl (C=O) groups is 3. The van der Waals surface area contributed by atoms with Gasteiger partial charge in [-0.2, -0.15) is 13.2 Å². The number of thiophene rings is 1. The third kappa shape index (κ3) is 5.59. The van der Waals surface area contributed by atoms with Gasteiger partial charge in [-0.05, 0) is 48.7 Å². The third-order valence-electron chi connectivity index (χ3n) is 7.34. The molecule has 210 valence electrons. The summed E-state index contributed by atoms with van der Waals surface area (Å²) < 4.78 is 39.4. The number of fused-ring (bicyclic) bond motifs is 1. The molecule has 1 atom stereocenters. The van der Waals surface area contributed by atoms with E-state index in [1.54, 1.807) is 42.7 Å². The molecule has 4 heterocycles. The molecular weight excluding hydrogens is 545 g/mol. The van der Waals surface area contributed by atoms with Crippen molar-refractivity contribution < 1.29 is 32.4 Å². The minimum absolute atomic E-state index is 0.0122. The smallest absolute Gasteiger partial charge is 0.371 e. The summed E-state index contributed by atoms with van der Waals surface area (Å²) >= 11 is 1.27. The average molecular weight is 574 g/mol. The number of hydrogen-bond donors (Lipinski definition) is 0. The molecule has 40 heavy (non-hydrogen) atoms. The molecule has 0 saturated carbocycles. The molecule has 3 aromatic rings. The monoisotopic (exact) mass is 573 g/mol. The number of anilines is 1. The highest BCUT2D eigenvalue weighted by Crippen LogP contribution is 2.38. The second-order valence-electron chi connectivity index (χ2n) is 10.0. The van der Waals surface area contributed by atoms with Crippen molar-refractivity contribution in [1.82, 2.24) is 14.5 Å². The van der Waals surface area contributed by atoms with Crippen molar-refractivity contribution in [3.8, 4) is 0 Å². The number of hydroxylamine groups is 2. The minimum Gasteiger partial charge on any atom is -0.371 e. The van der Waals surface area contributed by atoms with Crippen molar-refractivity contribution >= 4 is 40.5 Å². The number of quaternary nitrogens is 1. The second-order valence-corrected chi connectivity index (χ2v) is 11.3. The van der Waals surface area contributed by atoms with E-state index >= 15 is 0 Å². The lowest BCUT2D eigenvalue weighted by atomic mass is 9.95. The van der Waals surface area contributed by atoms with Crippen molar-refractivity contribution in [2.75, 3.05) is 31.1 Å². The summed E-state index contributed by atoms with van der Waals surface area (Å²) in [6.45, 7) is 2.39. The van der Waals surface area contributed by atoms with Gasteiger partial charge < -0.3 is 9.80 Å². The van der Waals surface area contributed by atoms with Gasteiger partial charge in [-0.3, -0.25) is 14.6 Å². The Hall–Kier alpha value is -3.77. The van der Waals surface area contributed by atoms with E-state index in [0.29, 0.717) is 36.4 Å². The number of pyridine rings is 1. The normalized spacial score (nSPS) is 20.1. The Kier molecular flexibility index (Phi) is 7.65. The number of amides is 2. The Bertz CT molecular complexity index is 1410. The van der Waals surface area contributed by atoms with Gasteiger partial charge in [0.15, 0.2) is 5.69 Å². The zero-order valence-corrected chi connectivity index (χ0v) is 22.6. The number of nitrogens with zero attached hydrogens (tertiary/aromatic N) is 4. The first-order valence-electron chi connectivity index (χ1n) is 12.9. The molecule has 1 saturated heterocycles. The number of alkyl halides is 3. The molecule has 0 N–H and O–H groups in total. The van der Waals surface area contributed by atoms with Crippen LogP contribution in [0.3, 0.4) is 0 Å². The standard InChI is InChI=1S/C28H28F3N4O4S/c1-19-6-7-24(40-19)26(37)34-16-21-4-2-3-5-23(21)35(25(36)17-34,39-27(38)28(29,30)31)18-20-10-14-33(15-11-20)22-8-12-32-13-9-22/h2-9,12-13,20H,10-11,14-18H2,1H3/q+1. The van der Waals surface area contributed by atoms with Crippen LogP contribution in [0.25, 0.3) is 0 Å². The van der Waals surface area contributed by atoms with Gasteiger partial charge in [-0.15, -0.1) is 11.3 Å². The molecule has 1 aromatic carbocycles. The van der Waals surface area contributed by atoms with Crippen molar-refractivity contribution in [3.05, 3.63) is 76.2 Å². The Labute approximate surface area is 233 Å². The second kappa shape index (κ2) is 11.0. The maximum Gasteiger partial charge on any atom is 0.497 e. The molecule has 0 bridgehead atoms. The zero-order chi connectivity index (χ0) is 28.5. The van der Waals surface area contributed by atoms with Crippen LogP contribution < -0.4 is 9.55 Å². The molecule has 0 radical (unpaired) electrons. The number of piperidine rings is 1. The molecule has 0 spiro atoms. The van der Waals surface area contributed by atoms with E-state index in [9.17, 15) is 27.6 Å². The van der Waals surface area contributed by atoms with Gasteiger partial charge in [0.2, 0.25) is 0 Å². The third-order valence-corrected chi connectivity index (χ3v) is 8.33. The van der Waals surface area contributed by atoms with Gasteiger partial charge in [0.1, 0.15) is 13.1 Å². The zero-order valence-electron chi connectivity index (χ0n) is 21.8. The maximum atomic E-state index is 14.0. The largest absolute Gasteiger partial charge is 0.497 e. The van der Waals surface area contributed by atoms with Gasteiger partial charge in [0.05, 0.1) is 11.4 Å². The van der Waals surface area contributed by atoms with Crippen molar-refractivity contribution in [2.45, 2.75) is 32.5 Å². The molecule has 5 rings (SSSR count). The highest BCUT2D eigenvalue weighted by molar-refractivity contribution is 7.13. The molecule has 2 aliphatic heterocycles. The number of hydrogen-bond acceptors (Lipinski definition) is 7. The number of rotatable bonds is 5. The minimum atomic E-state index is -5.30. The van der Waals surface area contributed by atoms with Crippen LogP contribution in [-0.4, -0.2) is 60.0 Å². The van der Waals surface area contributed by atoms with E-state index in [4.69, 9.17) is 4.84 Å². The first kappa shape index (κ1) is 27.8. The summed E-state index contributed by atoms with van der Waals surface area (Å²) in [6, 6.07) is 13.6. The topological polar surface area (TPSA) is 79.8 Å². The van der Waals surface area contributed by atoms with E-state index in [0.717, 1.165) is 10.6 Å². The van der Waals surface area contributed by atoms with Gasteiger partial charge >= 0.3 is 18.1 Å². The highest BCUT2D eigenvalue weighted by Gasteiger charge is 2.56. The average Bonchev–Trinajstić information content (AvgIpc) is 3.34. The van der Waals surface area contributed by atoms with Crippen LogP contribution in [0.5, 0.6) is 0 Å². The van der Waals surface area contributed by atoms with Crippen LogP contribution >= 0.6 is 11.3 Å². The fraction of sp³-hybridized carbons (Fsp3) is 0.357. The SMILES string of the molecule is Cc1ccc(C(=O)N2CC(=O)[N+](CC3CCN(c4ccncc4)CC3)(OC(=O)C(F)(F)F)c3ccccc3C2)s1. The van der Waals surface area contributed by atoms with E-state index in [1.807, 2.05) is 19.1 Å². The summed E-state index contributed by atoms with van der Waals surface area (Å²) in [5.41, 5.74) is 1.56. The molecule has 2 amide bonds. The number of para-hydroxylation sites is 1. The molecule has 1 fully saturated rings. The molecule has 8 nitrogen and oxygen atoms in total. The van der Waals surface area contributed by atoms with Crippen LogP contribution in [0, 0.1) is 12.8 Å². The fourth-order valence-corrected chi connectivity index (χ4v) is 6.18. The highest BCUT2D eigenvalue weighted by atomic mass is 32.1. The number of carbonyl (C=O) groups excluding carboxylic acids is 3. The first-order valence-corrected chi connectivity index (χ1v) is 13.7. The molecule has 2 aromatic heterocycles. The van der Waals surface area contributed by atoms with Crippen molar-refractivity contribution in [3.63, 3.8) is 0 Å². The van der Waals surface area contributed by atoms with Gasteiger partial charge in [0.25, 0.3) is 5.91 Å². The summed E-state index contributed by atoms with van der Waals surface area (Å²) in [7, 11) is 0. The molecule has 1 unspecified atom stereocenters. The lowest BCUT2D eigenvalue weighted by Crippen LogP contribution is -2.61. The predicted molar refractivity (Wildman–Crippen MR) is 143 cm³/mol. The van der Waals surface area contributed by atoms with E-state index in [-0.39, 0.29) is 24.7 Å². The van der Waals surface area contributed by atoms with Crippen LogP contribution in [-0.2, 0) is 21.0 Å². The first-order chi connectivity index (χ1) is 19.1. The Morgan fingerprint density at radius 2 is 1.75 bits per heavy atom. The quantitative estimate of drug-likeness (QED) is 0.405. The Balaban J connectivity index is 1.49. The maximum absolute atomic E-state index is 14.0. The fourth-order valence-electron chi connectivity index (χ4n) is 5.34. The Morgan fingerprint density at radius 3 is 2.40 bits per heavy atom. The molecule has 0 aliphatic carbocycles. The van der Waals surface area contributed by atoms with E-state index in [2.05, 4.69) is 9.88 Å². The van der Waals surface area contributed by atoms with Crippen LogP contribution in [0.15, 0.2) is 60.9 Å². The van der Waals surface area contributed by atoms with Crippen molar-refractivity contribution in [1.29, 1.82) is 0 Å². The van der Waals surface area contributed by atoms with Crippen LogP contribution in [0.2, 0.25) is 0 Å².